The summed E-state index contributed by atoms with van der Waals surface area (Å²) in [6, 6.07) is 10.8. The molecule has 0 bridgehead atoms. The Morgan fingerprint density at radius 3 is 2.61 bits per heavy atom. The molecule has 3 rings (SSSR count). The molecule has 1 saturated heterocycles. The Morgan fingerprint density at radius 1 is 1.26 bits per heavy atom. The van der Waals surface area contributed by atoms with Crippen molar-refractivity contribution in [2.24, 2.45) is 10.9 Å². The molecule has 2 radical (unpaired) electrons. The summed E-state index contributed by atoms with van der Waals surface area (Å²) in [5, 5.41) is 20.7. The number of nitrogens with zero attached hydrogens (tertiary/aromatic N) is 4. The van der Waals surface area contributed by atoms with Crippen LogP contribution < -0.4 is 5.32 Å². The molecule has 2 amide bonds. The van der Waals surface area contributed by atoms with Gasteiger partial charge in [-0.05, 0) is 31.1 Å². The minimum Gasteiger partial charge on any atom is -0.343 e. The highest BCUT2D eigenvalue weighted by molar-refractivity contribution is 6.05. The minimum atomic E-state index is -0.409. The lowest BCUT2D eigenvalue weighted by molar-refractivity contribution is -0.132. The zero-order valence-corrected chi connectivity index (χ0v) is 17.7. The van der Waals surface area contributed by atoms with E-state index in [0.29, 0.717) is 29.8 Å². The van der Waals surface area contributed by atoms with Gasteiger partial charge in [-0.1, -0.05) is 32.0 Å². The van der Waals surface area contributed by atoms with Gasteiger partial charge in [-0.15, -0.1) is 0 Å². The van der Waals surface area contributed by atoms with Crippen LogP contribution in [-0.4, -0.2) is 49.9 Å². The van der Waals surface area contributed by atoms with E-state index in [4.69, 9.17) is 10.5 Å². The highest BCUT2D eigenvalue weighted by Crippen LogP contribution is 2.22. The summed E-state index contributed by atoms with van der Waals surface area (Å²) < 4.78 is 0. The lowest BCUT2D eigenvalue weighted by Crippen LogP contribution is -2.42. The first-order chi connectivity index (χ1) is 15.0. The van der Waals surface area contributed by atoms with Gasteiger partial charge in [0.05, 0.1) is 37.8 Å². The van der Waals surface area contributed by atoms with E-state index in [0.717, 1.165) is 12.0 Å². The third-order valence-corrected chi connectivity index (χ3v) is 4.88. The number of nitrogens with one attached hydrogen (secondary N) is 1. The first kappa shape index (κ1) is 23.6. The summed E-state index contributed by atoms with van der Waals surface area (Å²) in [5.41, 5.74) is 2.36. The Bertz CT molecular complexity index is 983. The predicted octanol–water partition coefficient (Wildman–Crippen LogP) is 2.38. The van der Waals surface area contributed by atoms with Gasteiger partial charge in [0, 0.05) is 29.8 Å². The van der Waals surface area contributed by atoms with Crippen molar-refractivity contribution < 1.29 is 9.59 Å². The van der Waals surface area contributed by atoms with Crippen LogP contribution in [0.5, 0.6) is 0 Å². The predicted molar refractivity (Wildman–Crippen MR) is 120 cm³/mol. The summed E-state index contributed by atoms with van der Waals surface area (Å²) in [5.74, 6) is -0.674. The lowest BCUT2D eigenvalue weighted by Gasteiger charge is -2.19. The standard InChI is InChI=1S/C22H21N5O2.CH3B/c1-15-9-18(10-20(25-13-15)17-6-4-16(11-23)5-7-17)22(29)26-14-21(28)27-8-2-3-19(27)12-24;1-2/h4-7,9-10,13,15,19H,2-3,8,14H2,1H3,(H,26,29);1H3/t15-,19?;/m1./s1. The molecular weight excluding hydrogens is 389 g/mol. The summed E-state index contributed by atoms with van der Waals surface area (Å²) in [6.45, 7) is 3.81. The van der Waals surface area contributed by atoms with Gasteiger partial charge in [0.2, 0.25) is 5.91 Å². The van der Waals surface area contributed by atoms with Crippen LogP contribution in [0.15, 0.2) is 47.0 Å². The van der Waals surface area contributed by atoms with Gasteiger partial charge in [-0.2, -0.15) is 10.5 Å². The van der Waals surface area contributed by atoms with Gasteiger partial charge in [-0.3, -0.25) is 14.6 Å². The molecule has 2 aliphatic heterocycles. The Hall–Kier alpha value is -3.65. The summed E-state index contributed by atoms with van der Waals surface area (Å²) >= 11 is 0. The zero-order chi connectivity index (χ0) is 22.8. The number of allylic oxidation sites excluding steroid dienone is 1. The van der Waals surface area contributed by atoms with Crippen molar-refractivity contribution in [1.82, 2.24) is 10.2 Å². The van der Waals surface area contributed by atoms with Crippen LogP contribution in [0.3, 0.4) is 0 Å². The number of likely N-dealkylation sites (tertiary alicyclic amines) is 1. The number of carbonyl (C=O) groups excluding carboxylic acids is 2. The van der Waals surface area contributed by atoms with E-state index in [1.807, 2.05) is 6.92 Å². The van der Waals surface area contributed by atoms with E-state index in [1.165, 1.54) is 11.7 Å². The molecule has 1 unspecified atom stereocenters. The van der Waals surface area contributed by atoms with Gasteiger partial charge in [0.15, 0.2) is 0 Å². The smallest absolute Gasteiger partial charge is 0.251 e. The maximum atomic E-state index is 12.7. The quantitative estimate of drug-likeness (QED) is 0.765. The molecule has 2 atom stereocenters. The first-order valence-electron chi connectivity index (χ1n) is 10.0. The fraction of sp³-hybridized carbons (Fsp3) is 0.348. The summed E-state index contributed by atoms with van der Waals surface area (Å²) in [6.07, 6.45) is 6.68. The highest BCUT2D eigenvalue weighted by atomic mass is 16.2. The average Bonchev–Trinajstić information content (AvgIpc) is 3.21. The number of amides is 2. The molecule has 31 heavy (non-hydrogen) atoms. The van der Waals surface area contributed by atoms with Gasteiger partial charge < -0.3 is 10.2 Å². The second kappa shape index (κ2) is 11.5. The molecule has 1 aromatic rings. The van der Waals surface area contributed by atoms with Crippen molar-refractivity contribution in [2.45, 2.75) is 32.6 Å². The zero-order valence-electron chi connectivity index (χ0n) is 17.7. The number of benzene rings is 1. The number of carbonyl (C=O) groups is 2. The van der Waals surface area contributed by atoms with E-state index in [-0.39, 0.29) is 24.3 Å². The Kier molecular flexibility index (Phi) is 8.78. The van der Waals surface area contributed by atoms with Crippen molar-refractivity contribution in [3.05, 3.63) is 53.1 Å². The fourth-order valence-electron chi connectivity index (χ4n) is 3.33. The molecule has 0 aliphatic carbocycles. The van der Waals surface area contributed by atoms with E-state index in [9.17, 15) is 9.59 Å². The van der Waals surface area contributed by atoms with Crippen LogP contribution in [0, 0.1) is 28.6 Å². The Labute approximate surface area is 184 Å². The number of nitriles is 2. The number of aliphatic imine (C=N–C) groups is 1. The van der Waals surface area contributed by atoms with Crippen molar-refractivity contribution in [2.75, 3.05) is 13.1 Å². The van der Waals surface area contributed by atoms with Crippen LogP contribution in [0.2, 0.25) is 6.82 Å². The molecular formula is C23H24BN5O2. The second-order valence-electron chi connectivity index (χ2n) is 7.03. The van der Waals surface area contributed by atoms with Crippen LogP contribution in [-0.2, 0) is 9.59 Å². The van der Waals surface area contributed by atoms with Gasteiger partial charge in [-0.25, -0.2) is 0 Å². The van der Waals surface area contributed by atoms with Gasteiger partial charge in [0.1, 0.15) is 6.04 Å². The van der Waals surface area contributed by atoms with E-state index in [1.54, 1.807) is 42.6 Å². The molecule has 156 valence electrons. The third-order valence-electron chi connectivity index (χ3n) is 4.88. The molecule has 0 aromatic heterocycles. The van der Waals surface area contributed by atoms with E-state index in [2.05, 4.69) is 30.3 Å². The molecule has 0 spiro atoms. The van der Waals surface area contributed by atoms with Crippen LogP contribution in [0.4, 0.5) is 0 Å². The van der Waals surface area contributed by atoms with Crippen LogP contribution in [0.25, 0.3) is 5.70 Å². The van der Waals surface area contributed by atoms with Crippen molar-refractivity contribution in [3.8, 4) is 12.1 Å². The van der Waals surface area contributed by atoms with E-state index >= 15 is 0 Å². The highest BCUT2D eigenvalue weighted by Gasteiger charge is 2.28. The van der Waals surface area contributed by atoms with Crippen molar-refractivity contribution in [3.63, 3.8) is 0 Å². The first-order valence-corrected chi connectivity index (χ1v) is 10.0. The van der Waals surface area contributed by atoms with Crippen LogP contribution in [0.1, 0.15) is 30.9 Å². The summed E-state index contributed by atoms with van der Waals surface area (Å²) in [7, 11) is 4.50. The summed E-state index contributed by atoms with van der Waals surface area (Å²) in [4.78, 5) is 31.0. The van der Waals surface area contributed by atoms with Gasteiger partial charge >= 0.3 is 0 Å². The maximum Gasteiger partial charge on any atom is 0.251 e. The number of hydrogen-bond donors (Lipinski definition) is 1. The Balaban J connectivity index is 0.00000166. The van der Waals surface area contributed by atoms with Crippen LogP contribution >= 0.6 is 0 Å². The molecule has 0 saturated carbocycles. The molecule has 1 N–H and O–H groups in total. The van der Waals surface area contributed by atoms with Crippen molar-refractivity contribution >= 4 is 31.6 Å². The van der Waals surface area contributed by atoms with Gasteiger partial charge in [0.25, 0.3) is 5.91 Å². The Morgan fingerprint density at radius 2 is 1.97 bits per heavy atom. The minimum absolute atomic E-state index is 0.0554. The average molecular weight is 413 g/mol. The third kappa shape index (κ3) is 6.17. The molecule has 1 fully saturated rings. The lowest BCUT2D eigenvalue weighted by atomic mass is 10.1. The van der Waals surface area contributed by atoms with E-state index < -0.39 is 6.04 Å². The number of hydrogen-bond acceptors (Lipinski definition) is 5. The monoisotopic (exact) mass is 413 g/mol. The molecule has 7 nitrogen and oxygen atoms in total. The molecule has 1 aromatic carbocycles. The topological polar surface area (TPSA) is 109 Å². The number of rotatable bonds is 4. The normalized spacial score (nSPS) is 19.5. The molecule has 8 heteroatoms. The fourth-order valence-corrected chi connectivity index (χ4v) is 3.33. The van der Waals surface area contributed by atoms with Crippen molar-refractivity contribution in [1.29, 1.82) is 10.5 Å². The SMILES string of the molecule is C[C@H]1C=NC(c2ccc(C#N)cc2)=CC(C(=O)NCC(=O)N2CCCC2C#N)=C1.[B]C. The molecule has 2 aliphatic rings. The second-order valence-corrected chi connectivity index (χ2v) is 7.03. The largest absolute Gasteiger partial charge is 0.343 e. The maximum absolute atomic E-state index is 12.7. The molecule has 2 heterocycles.